The largest absolute Gasteiger partial charge is 0.481 e. The molecular formula is C20H16ClNO. The maximum Gasteiger partial charge on any atom is 0.148 e. The van der Waals surface area contributed by atoms with Crippen LogP contribution in [-0.2, 0) is 0 Å². The molecule has 0 aliphatic carbocycles. The Morgan fingerprint density at radius 2 is 1.43 bits per heavy atom. The van der Waals surface area contributed by atoms with Crippen molar-refractivity contribution in [3.8, 4) is 5.75 Å². The van der Waals surface area contributed by atoms with Crippen molar-refractivity contribution in [1.82, 2.24) is 0 Å². The van der Waals surface area contributed by atoms with Crippen molar-refractivity contribution < 1.29 is 4.74 Å². The van der Waals surface area contributed by atoms with Crippen LogP contribution in [0.5, 0.6) is 5.75 Å². The molecule has 0 unspecified atom stereocenters. The van der Waals surface area contributed by atoms with Crippen LogP contribution in [0.15, 0.2) is 78.9 Å². The van der Waals surface area contributed by atoms with Crippen LogP contribution in [0, 0.1) is 0 Å². The number of benzene rings is 3. The van der Waals surface area contributed by atoms with Crippen molar-refractivity contribution in [2.75, 3.05) is 5.32 Å². The maximum atomic E-state index is 6.32. The Morgan fingerprint density at radius 1 is 0.739 bits per heavy atom. The van der Waals surface area contributed by atoms with E-state index in [2.05, 4.69) is 17.4 Å². The van der Waals surface area contributed by atoms with Gasteiger partial charge >= 0.3 is 0 Å². The number of fused-ring (bicyclic) bond motifs is 1. The summed E-state index contributed by atoms with van der Waals surface area (Å²) in [6.07, 6.45) is -0.0905. The highest BCUT2D eigenvalue weighted by molar-refractivity contribution is 6.30. The molecule has 3 heteroatoms. The number of hydrogen-bond donors (Lipinski definition) is 1. The van der Waals surface area contributed by atoms with E-state index in [0.29, 0.717) is 0 Å². The van der Waals surface area contributed by atoms with Crippen molar-refractivity contribution in [2.24, 2.45) is 0 Å². The number of rotatable bonds is 2. The van der Waals surface area contributed by atoms with Crippen molar-refractivity contribution in [2.45, 2.75) is 12.1 Å². The molecule has 3 aromatic rings. The monoisotopic (exact) mass is 321 g/mol. The van der Waals surface area contributed by atoms with Gasteiger partial charge in [-0.25, -0.2) is 0 Å². The van der Waals surface area contributed by atoms with E-state index in [4.69, 9.17) is 16.3 Å². The molecule has 4 rings (SSSR count). The van der Waals surface area contributed by atoms with E-state index in [9.17, 15) is 0 Å². The predicted molar refractivity (Wildman–Crippen MR) is 94.1 cm³/mol. The van der Waals surface area contributed by atoms with Gasteiger partial charge in [-0.2, -0.15) is 0 Å². The number of halogens is 1. The highest BCUT2D eigenvalue weighted by Crippen LogP contribution is 2.43. The second-order valence-electron chi connectivity index (χ2n) is 5.62. The van der Waals surface area contributed by atoms with Gasteiger partial charge in [0, 0.05) is 5.02 Å². The Kier molecular flexibility index (Phi) is 3.68. The zero-order valence-corrected chi connectivity index (χ0v) is 13.2. The highest BCUT2D eigenvalue weighted by atomic mass is 35.5. The van der Waals surface area contributed by atoms with Crippen LogP contribution < -0.4 is 10.1 Å². The molecule has 1 aliphatic heterocycles. The molecule has 3 aromatic carbocycles. The van der Waals surface area contributed by atoms with Crippen LogP contribution >= 0.6 is 11.6 Å². The van der Waals surface area contributed by atoms with Gasteiger partial charge in [0.25, 0.3) is 0 Å². The van der Waals surface area contributed by atoms with E-state index < -0.39 is 0 Å². The Balaban J connectivity index is 1.78. The van der Waals surface area contributed by atoms with E-state index in [1.54, 1.807) is 0 Å². The first-order valence-corrected chi connectivity index (χ1v) is 8.02. The van der Waals surface area contributed by atoms with Gasteiger partial charge in [-0.15, -0.1) is 0 Å². The first kappa shape index (κ1) is 14.2. The summed E-state index contributed by atoms with van der Waals surface area (Å²) < 4.78 is 6.32. The standard InChI is InChI=1S/C20H16ClNO/c21-16-12-10-14(11-13-16)19-20(15-6-2-1-3-7-15)23-18-9-5-4-8-17(18)22-19/h1-13,19-20,22H/t19-,20+/m1/s1. The van der Waals surface area contributed by atoms with Crippen molar-refractivity contribution >= 4 is 17.3 Å². The van der Waals surface area contributed by atoms with Crippen molar-refractivity contribution in [3.05, 3.63) is 95.0 Å². The molecule has 0 amide bonds. The maximum absolute atomic E-state index is 6.32. The average Bonchev–Trinajstić information content (AvgIpc) is 2.62. The minimum atomic E-state index is -0.0905. The third-order valence-electron chi connectivity index (χ3n) is 4.11. The highest BCUT2D eigenvalue weighted by Gasteiger charge is 2.31. The van der Waals surface area contributed by atoms with Gasteiger partial charge in [0.15, 0.2) is 0 Å². The number of nitrogens with one attached hydrogen (secondary N) is 1. The molecule has 0 spiro atoms. The molecule has 0 bridgehead atoms. The Morgan fingerprint density at radius 3 is 2.22 bits per heavy atom. The SMILES string of the molecule is Clc1ccc([C@H]2Nc3ccccc3O[C@H]2c2ccccc2)cc1. The topological polar surface area (TPSA) is 21.3 Å². The number of ether oxygens (including phenoxy) is 1. The second-order valence-corrected chi connectivity index (χ2v) is 6.06. The number of para-hydroxylation sites is 2. The molecule has 0 saturated carbocycles. The van der Waals surface area contributed by atoms with Crippen molar-refractivity contribution in [1.29, 1.82) is 0 Å². The molecule has 1 aliphatic rings. The van der Waals surface area contributed by atoms with Crippen LogP contribution in [0.2, 0.25) is 5.02 Å². The third-order valence-corrected chi connectivity index (χ3v) is 4.36. The number of hydrogen-bond acceptors (Lipinski definition) is 2. The fraction of sp³-hybridized carbons (Fsp3) is 0.100. The molecule has 0 radical (unpaired) electrons. The quantitative estimate of drug-likeness (QED) is 0.660. The molecule has 1 heterocycles. The minimum Gasteiger partial charge on any atom is -0.481 e. The van der Waals surface area contributed by atoms with Gasteiger partial charge in [0.2, 0.25) is 0 Å². The summed E-state index contributed by atoms with van der Waals surface area (Å²) in [5, 5.41) is 4.35. The number of anilines is 1. The molecule has 0 aromatic heterocycles. The van der Waals surface area contributed by atoms with E-state index in [-0.39, 0.29) is 12.1 Å². The Hall–Kier alpha value is -2.45. The molecule has 2 atom stereocenters. The average molecular weight is 322 g/mol. The normalized spacial score (nSPS) is 19.3. The summed E-state index contributed by atoms with van der Waals surface area (Å²) in [6.45, 7) is 0. The van der Waals surface area contributed by atoms with Gasteiger partial charge in [0.1, 0.15) is 11.9 Å². The van der Waals surface area contributed by atoms with Gasteiger partial charge in [-0.05, 0) is 35.4 Å². The fourth-order valence-electron chi connectivity index (χ4n) is 2.97. The lowest BCUT2D eigenvalue weighted by Gasteiger charge is -2.35. The van der Waals surface area contributed by atoms with Crippen molar-refractivity contribution in [3.63, 3.8) is 0 Å². The zero-order chi connectivity index (χ0) is 15.6. The molecule has 114 valence electrons. The van der Waals surface area contributed by atoms with E-state index in [0.717, 1.165) is 27.6 Å². The van der Waals surface area contributed by atoms with Crippen LogP contribution in [0.25, 0.3) is 0 Å². The van der Waals surface area contributed by atoms with Crippen LogP contribution in [0.4, 0.5) is 5.69 Å². The third kappa shape index (κ3) is 2.78. The summed E-state index contributed by atoms with van der Waals surface area (Å²) in [7, 11) is 0. The van der Waals surface area contributed by atoms with E-state index in [1.165, 1.54) is 0 Å². The lowest BCUT2D eigenvalue weighted by molar-refractivity contribution is 0.171. The van der Waals surface area contributed by atoms with Gasteiger partial charge in [-0.3, -0.25) is 0 Å². The Labute approximate surface area is 140 Å². The minimum absolute atomic E-state index is 0.0320. The molecule has 0 saturated heterocycles. The summed E-state index contributed by atoms with van der Waals surface area (Å²) >= 11 is 6.03. The second kappa shape index (κ2) is 5.98. The predicted octanol–water partition coefficient (Wildman–Crippen LogP) is 5.63. The van der Waals surface area contributed by atoms with Crippen LogP contribution in [0.1, 0.15) is 23.3 Å². The molecule has 23 heavy (non-hydrogen) atoms. The summed E-state index contributed by atoms with van der Waals surface area (Å²) in [5.41, 5.74) is 3.31. The smallest absolute Gasteiger partial charge is 0.148 e. The molecule has 0 fully saturated rings. The lowest BCUT2D eigenvalue weighted by atomic mass is 9.94. The molecular weight excluding hydrogens is 306 g/mol. The molecule has 1 N–H and O–H groups in total. The van der Waals surface area contributed by atoms with Gasteiger partial charge in [0.05, 0.1) is 11.7 Å². The van der Waals surface area contributed by atoms with Gasteiger partial charge < -0.3 is 10.1 Å². The van der Waals surface area contributed by atoms with Crippen LogP contribution in [0.3, 0.4) is 0 Å². The first-order valence-electron chi connectivity index (χ1n) is 7.64. The van der Waals surface area contributed by atoms with E-state index >= 15 is 0 Å². The van der Waals surface area contributed by atoms with Gasteiger partial charge in [-0.1, -0.05) is 66.2 Å². The summed E-state index contributed by atoms with van der Waals surface area (Å²) in [4.78, 5) is 0. The Bertz CT molecular complexity index is 801. The zero-order valence-electron chi connectivity index (χ0n) is 12.4. The fourth-order valence-corrected chi connectivity index (χ4v) is 3.09. The van der Waals surface area contributed by atoms with E-state index in [1.807, 2.05) is 66.7 Å². The lowest BCUT2D eigenvalue weighted by Crippen LogP contribution is -2.28. The molecule has 2 nitrogen and oxygen atoms in total. The summed E-state index contributed by atoms with van der Waals surface area (Å²) in [5.74, 6) is 0.881. The summed E-state index contributed by atoms with van der Waals surface area (Å²) in [6, 6.07) is 26.3. The first-order chi connectivity index (χ1) is 11.3. The van der Waals surface area contributed by atoms with Crippen LogP contribution in [-0.4, -0.2) is 0 Å².